The number of halogens is 1. The minimum absolute atomic E-state index is 0.0550. The van der Waals surface area contributed by atoms with Crippen molar-refractivity contribution in [2.75, 3.05) is 58.5 Å². The van der Waals surface area contributed by atoms with E-state index in [9.17, 15) is 10.2 Å². The Labute approximate surface area is 260 Å². The van der Waals surface area contributed by atoms with Crippen LogP contribution < -0.4 is 9.64 Å². The Morgan fingerprint density at radius 3 is 2.73 bits per heavy atom. The Hall–Kier alpha value is -4.06. The number of nitrogens with zero attached hydrogens (tertiary/aromatic N) is 6. The second kappa shape index (κ2) is 9.97. The van der Waals surface area contributed by atoms with Gasteiger partial charge in [0.1, 0.15) is 23.0 Å². The third-order valence-corrected chi connectivity index (χ3v) is 9.57. The van der Waals surface area contributed by atoms with Crippen LogP contribution in [0.15, 0.2) is 36.5 Å². The molecule has 5 aromatic rings. The number of rotatable bonds is 6. The summed E-state index contributed by atoms with van der Waals surface area (Å²) in [6, 6.07) is 8.68. The summed E-state index contributed by atoms with van der Waals surface area (Å²) in [4.78, 5) is 14.3. The molecule has 1 aliphatic heterocycles. The van der Waals surface area contributed by atoms with E-state index in [1.165, 1.54) is 6.07 Å². The van der Waals surface area contributed by atoms with E-state index >= 15 is 4.39 Å². The Morgan fingerprint density at radius 1 is 1.13 bits per heavy atom. The lowest BCUT2D eigenvalue weighted by Gasteiger charge is -2.32. The van der Waals surface area contributed by atoms with Crippen molar-refractivity contribution in [3.63, 3.8) is 0 Å². The van der Waals surface area contributed by atoms with E-state index in [0.29, 0.717) is 48.8 Å². The highest BCUT2D eigenvalue weighted by atomic mass is 19.1. The zero-order valence-corrected chi connectivity index (χ0v) is 26.0. The molecule has 0 radical (unpaired) electrons. The van der Waals surface area contributed by atoms with Gasteiger partial charge in [0.15, 0.2) is 0 Å². The van der Waals surface area contributed by atoms with Gasteiger partial charge in [-0.15, -0.1) is 0 Å². The van der Waals surface area contributed by atoms with Gasteiger partial charge in [-0.1, -0.05) is 13.0 Å². The van der Waals surface area contributed by atoms with Crippen LogP contribution in [-0.2, 0) is 4.74 Å². The van der Waals surface area contributed by atoms with Gasteiger partial charge in [0.25, 0.3) is 0 Å². The minimum Gasteiger partial charge on any atom is -0.508 e. The second-order valence-electron chi connectivity index (χ2n) is 13.7. The summed E-state index contributed by atoms with van der Waals surface area (Å²) in [6.07, 6.45) is 3.88. The number of anilines is 1. The third kappa shape index (κ3) is 4.59. The summed E-state index contributed by atoms with van der Waals surface area (Å²) in [6.45, 7) is 6.56. The van der Waals surface area contributed by atoms with E-state index in [1.807, 2.05) is 22.4 Å². The standard InChI is InChI=1S/C34H37FN6O4/c1-19-25-23(35)6-5-20-13-21(42)14-22(27(20)25)30-26(19)29-28(24-7-10-36-41(24)30)31(40-11-12-44-17-33(2,43)15-40)38-32(37-29)45-18-34(8-9-34)16-39(3)4/h5-7,10,13-14,19,42-43H,8-9,11-12,15-18H2,1-4H3/t19?,33-/m0/s1. The number of phenols is 1. The minimum atomic E-state index is -1.11. The molecule has 2 aromatic carbocycles. The summed E-state index contributed by atoms with van der Waals surface area (Å²) >= 11 is 0. The lowest BCUT2D eigenvalue weighted by atomic mass is 9.78. The van der Waals surface area contributed by atoms with Gasteiger partial charge >= 0.3 is 6.01 Å². The lowest BCUT2D eigenvalue weighted by molar-refractivity contribution is -0.0123. The molecule has 0 spiro atoms. The molecule has 2 atom stereocenters. The van der Waals surface area contributed by atoms with Crippen molar-refractivity contribution >= 4 is 33.0 Å². The number of hydrogen-bond acceptors (Lipinski definition) is 9. The Bertz CT molecular complexity index is 2000. The number of hydrogen-bond donors (Lipinski definition) is 2. The predicted molar refractivity (Wildman–Crippen MR) is 170 cm³/mol. The number of benzene rings is 2. The smallest absolute Gasteiger partial charge is 0.318 e. The lowest BCUT2D eigenvalue weighted by Crippen LogP contribution is -2.42. The molecule has 1 saturated heterocycles. The van der Waals surface area contributed by atoms with Crippen molar-refractivity contribution in [2.45, 2.75) is 38.2 Å². The maximum atomic E-state index is 15.8. The van der Waals surface area contributed by atoms with Crippen LogP contribution in [0.3, 0.4) is 0 Å². The first-order valence-corrected chi connectivity index (χ1v) is 15.5. The fourth-order valence-corrected chi connectivity index (χ4v) is 7.52. The van der Waals surface area contributed by atoms with Crippen molar-refractivity contribution in [1.29, 1.82) is 0 Å². The molecule has 45 heavy (non-hydrogen) atoms. The second-order valence-corrected chi connectivity index (χ2v) is 13.7. The Morgan fingerprint density at radius 2 is 1.96 bits per heavy atom. The predicted octanol–water partition coefficient (Wildman–Crippen LogP) is 4.72. The highest BCUT2D eigenvalue weighted by Gasteiger charge is 2.44. The van der Waals surface area contributed by atoms with Crippen LogP contribution in [0.2, 0.25) is 0 Å². The van der Waals surface area contributed by atoms with Gasteiger partial charge in [-0.3, -0.25) is 0 Å². The Kier molecular flexibility index (Phi) is 6.30. The highest BCUT2D eigenvalue weighted by Crippen LogP contribution is 2.51. The molecule has 0 amide bonds. The molecule has 2 N–H and O–H groups in total. The van der Waals surface area contributed by atoms with Crippen LogP contribution in [0.4, 0.5) is 10.2 Å². The summed E-state index contributed by atoms with van der Waals surface area (Å²) in [5, 5.41) is 29.0. The van der Waals surface area contributed by atoms with Gasteiger partial charge in [0.05, 0.1) is 54.7 Å². The van der Waals surface area contributed by atoms with Gasteiger partial charge in [0, 0.05) is 41.1 Å². The molecule has 10 nitrogen and oxygen atoms in total. The van der Waals surface area contributed by atoms with Crippen LogP contribution in [0.1, 0.15) is 43.7 Å². The summed E-state index contributed by atoms with van der Waals surface area (Å²) in [7, 11) is 4.13. The molecule has 0 bridgehead atoms. The summed E-state index contributed by atoms with van der Waals surface area (Å²) in [5.41, 5.74) is 3.14. The van der Waals surface area contributed by atoms with Crippen LogP contribution >= 0.6 is 0 Å². The first-order chi connectivity index (χ1) is 21.5. The zero-order valence-electron chi connectivity index (χ0n) is 26.0. The van der Waals surface area contributed by atoms with Crippen LogP contribution in [0.25, 0.3) is 38.4 Å². The number of fused-ring (bicyclic) bond motifs is 7. The van der Waals surface area contributed by atoms with Crippen molar-refractivity contribution in [2.24, 2.45) is 5.41 Å². The van der Waals surface area contributed by atoms with Crippen molar-refractivity contribution in [3.05, 3.63) is 53.5 Å². The van der Waals surface area contributed by atoms with E-state index in [2.05, 4.69) is 19.0 Å². The molecular weight excluding hydrogens is 575 g/mol. The molecule has 3 aromatic heterocycles. The first kappa shape index (κ1) is 28.4. The van der Waals surface area contributed by atoms with Crippen molar-refractivity contribution in [3.8, 4) is 23.0 Å². The zero-order chi connectivity index (χ0) is 31.2. The maximum absolute atomic E-state index is 15.8. The molecule has 1 saturated carbocycles. The highest BCUT2D eigenvalue weighted by molar-refractivity contribution is 6.11. The van der Waals surface area contributed by atoms with E-state index in [4.69, 9.17) is 24.5 Å². The van der Waals surface area contributed by atoms with Crippen molar-refractivity contribution < 1.29 is 24.1 Å². The van der Waals surface area contributed by atoms with Gasteiger partial charge in [0.2, 0.25) is 0 Å². The van der Waals surface area contributed by atoms with Gasteiger partial charge in [-0.2, -0.15) is 15.1 Å². The molecule has 8 rings (SSSR count). The molecular formula is C34H37FN6O4. The van der Waals surface area contributed by atoms with Gasteiger partial charge in [-0.05, 0) is 68.9 Å². The van der Waals surface area contributed by atoms with E-state index in [1.54, 1.807) is 31.3 Å². The fraction of sp³-hybridized carbons (Fsp3) is 0.441. The summed E-state index contributed by atoms with van der Waals surface area (Å²) < 4.78 is 29.8. The topological polar surface area (TPSA) is 108 Å². The first-order valence-electron chi connectivity index (χ1n) is 15.5. The normalized spacial score (nSPS) is 22.3. The van der Waals surface area contributed by atoms with Gasteiger partial charge in [-0.25, -0.2) is 8.91 Å². The number of aromatic nitrogens is 4. The molecule has 4 heterocycles. The molecule has 3 aliphatic rings. The van der Waals surface area contributed by atoms with E-state index < -0.39 is 11.5 Å². The average molecular weight is 613 g/mol. The Balaban J connectivity index is 1.42. The van der Waals surface area contributed by atoms with Gasteiger partial charge < -0.3 is 29.5 Å². The molecule has 234 valence electrons. The maximum Gasteiger partial charge on any atom is 0.318 e. The number of β-amino-alcohol motifs (C(OH)–C–C–N with tert-alkyl or cyclic N) is 1. The quantitative estimate of drug-likeness (QED) is 0.282. The fourth-order valence-electron chi connectivity index (χ4n) is 7.52. The number of pyridine rings is 1. The third-order valence-electron chi connectivity index (χ3n) is 9.57. The molecule has 1 unspecified atom stereocenters. The van der Waals surface area contributed by atoms with Crippen LogP contribution in [0, 0.1) is 11.2 Å². The summed E-state index contributed by atoms with van der Waals surface area (Å²) in [5.74, 6) is -0.0106. The molecule has 2 fully saturated rings. The molecule has 2 aliphatic carbocycles. The number of phenolic OH excluding ortho intramolecular Hbond substituents is 1. The SMILES string of the molecule is CC1c2c(n3nccc3c3c(N4CCOC[C@@](C)(O)C4)nc(OCC4(CN(C)C)CC4)nc23)-c2cc(O)cc3ccc(F)c1c23. The number of ether oxygens (including phenoxy) is 2. The van der Waals surface area contributed by atoms with Crippen LogP contribution in [0.5, 0.6) is 11.8 Å². The average Bonchev–Trinajstić information content (AvgIpc) is 3.61. The monoisotopic (exact) mass is 612 g/mol. The van der Waals surface area contributed by atoms with Crippen molar-refractivity contribution in [1.82, 2.24) is 24.5 Å². The van der Waals surface area contributed by atoms with E-state index in [0.717, 1.165) is 52.3 Å². The largest absolute Gasteiger partial charge is 0.508 e. The number of aliphatic hydroxyl groups is 1. The number of aromatic hydroxyl groups is 1. The molecule has 11 heteroatoms. The van der Waals surface area contributed by atoms with E-state index in [-0.39, 0.29) is 29.6 Å². The van der Waals surface area contributed by atoms with Crippen LogP contribution in [-0.4, -0.2) is 93.8 Å².